The molecular formula is C10H21ClN2O4. The molecule has 0 radical (unpaired) electrons. The fourth-order valence-corrected chi connectivity index (χ4v) is 0.995. The van der Waals surface area contributed by atoms with Crippen LogP contribution in [0.3, 0.4) is 0 Å². The van der Waals surface area contributed by atoms with Crippen LogP contribution < -0.4 is 11.5 Å². The molecule has 4 N–H and O–H groups in total. The van der Waals surface area contributed by atoms with Gasteiger partial charge < -0.3 is 20.9 Å². The van der Waals surface area contributed by atoms with Crippen molar-refractivity contribution in [2.45, 2.75) is 44.9 Å². The molecule has 0 aromatic rings. The maximum Gasteiger partial charge on any atom is 0.323 e. The van der Waals surface area contributed by atoms with E-state index in [1.807, 2.05) is 0 Å². The van der Waals surface area contributed by atoms with Crippen molar-refractivity contribution in [3.05, 3.63) is 0 Å². The highest BCUT2D eigenvalue weighted by atomic mass is 35.5. The normalized spacial score (nSPS) is 14.2. The molecule has 0 aromatic heterocycles. The quantitative estimate of drug-likeness (QED) is 0.694. The Bertz CT molecular complexity index is 266. The number of hydrogen-bond acceptors (Lipinski definition) is 6. The number of rotatable bonds is 4. The first-order chi connectivity index (χ1) is 7.17. The number of methoxy groups -OCH3 is 1. The third-order valence-corrected chi connectivity index (χ3v) is 1.72. The van der Waals surface area contributed by atoms with Gasteiger partial charge in [0.1, 0.15) is 17.7 Å². The molecular weight excluding hydrogens is 248 g/mol. The number of hydrogen-bond donors (Lipinski definition) is 2. The summed E-state index contributed by atoms with van der Waals surface area (Å²) in [5.74, 6) is -1.18. The van der Waals surface area contributed by atoms with E-state index in [0.717, 1.165) is 0 Å². The number of nitrogens with two attached hydrogens (primary N) is 2. The minimum atomic E-state index is -0.923. The Kier molecular flexibility index (Phi) is 8.14. The van der Waals surface area contributed by atoms with Gasteiger partial charge in [-0.25, -0.2) is 0 Å². The lowest BCUT2D eigenvalue weighted by Gasteiger charge is -2.22. The first-order valence-electron chi connectivity index (χ1n) is 4.99. The molecule has 0 saturated heterocycles. The van der Waals surface area contributed by atoms with Gasteiger partial charge in [0.15, 0.2) is 0 Å². The largest absolute Gasteiger partial charge is 0.468 e. The lowest BCUT2D eigenvalue weighted by atomic mass is 10.1. The molecule has 0 aliphatic rings. The zero-order valence-electron chi connectivity index (χ0n) is 10.6. The van der Waals surface area contributed by atoms with Crippen molar-refractivity contribution in [1.82, 2.24) is 0 Å². The van der Waals surface area contributed by atoms with Gasteiger partial charge >= 0.3 is 11.9 Å². The van der Waals surface area contributed by atoms with Crippen LogP contribution >= 0.6 is 12.4 Å². The average molecular weight is 269 g/mol. The van der Waals surface area contributed by atoms with Crippen molar-refractivity contribution in [1.29, 1.82) is 0 Å². The minimum Gasteiger partial charge on any atom is -0.468 e. The molecule has 2 atom stereocenters. The molecule has 0 fully saturated rings. The first kappa shape index (κ1) is 18.5. The number of halogens is 1. The summed E-state index contributed by atoms with van der Waals surface area (Å²) in [5, 5.41) is 0. The highest BCUT2D eigenvalue weighted by Crippen LogP contribution is 2.09. The van der Waals surface area contributed by atoms with E-state index in [9.17, 15) is 9.59 Å². The Morgan fingerprint density at radius 2 is 1.53 bits per heavy atom. The Morgan fingerprint density at radius 3 is 1.88 bits per heavy atom. The van der Waals surface area contributed by atoms with Gasteiger partial charge in [0, 0.05) is 0 Å². The van der Waals surface area contributed by atoms with Gasteiger partial charge in [0.25, 0.3) is 0 Å². The molecule has 0 aromatic carbocycles. The van der Waals surface area contributed by atoms with Crippen LogP contribution in [-0.4, -0.2) is 36.7 Å². The number of ether oxygens (including phenoxy) is 2. The molecule has 102 valence electrons. The van der Waals surface area contributed by atoms with Crippen LogP contribution in [0.5, 0.6) is 0 Å². The van der Waals surface area contributed by atoms with E-state index in [-0.39, 0.29) is 18.8 Å². The lowest BCUT2D eigenvalue weighted by Crippen LogP contribution is -2.44. The Morgan fingerprint density at radius 1 is 1.12 bits per heavy atom. The van der Waals surface area contributed by atoms with Crippen LogP contribution in [0.4, 0.5) is 0 Å². The second kappa shape index (κ2) is 7.47. The van der Waals surface area contributed by atoms with Gasteiger partial charge in [-0.05, 0) is 27.2 Å². The highest BCUT2D eigenvalue weighted by Gasteiger charge is 2.26. The van der Waals surface area contributed by atoms with Crippen LogP contribution in [-0.2, 0) is 19.1 Å². The third-order valence-electron chi connectivity index (χ3n) is 1.72. The second-order valence-corrected chi connectivity index (χ2v) is 4.51. The smallest absolute Gasteiger partial charge is 0.323 e. The lowest BCUT2D eigenvalue weighted by molar-refractivity contribution is -0.157. The van der Waals surface area contributed by atoms with Crippen LogP contribution in [0.25, 0.3) is 0 Å². The molecule has 2 unspecified atom stereocenters. The molecule has 7 heteroatoms. The van der Waals surface area contributed by atoms with Crippen LogP contribution in [0.15, 0.2) is 0 Å². The maximum atomic E-state index is 11.5. The van der Waals surface area contributed by atoms with E-state index >= 15 is 0 Å². The van der Waals surface area contributed by atoms with Gasteiger partial charge in [-0.15, -0.1) is 12.4 Å². The van der Waals surface area contributed by atoms with Gasteiger partial charge in [0.05, 0.1) is 7.11 Å². The van der Waals surface area contributed by atoms with E-state index < -0.39 is 29.6 Å². The highest BCUT2D eigenvalue weighted by molar-refractivity contribution is 5.85. The summed E-state index contributed by atoms with van der Waals surface area (Å²) in [4.78, 5) is 22.5. The molecule has 6 nitrogen and oxygen atoms in total. The third kappa shape index (κ3) is 7.95. The molecule has 0 amide bonds. The molecule has 0 aliphatic carbocycles. The molecule has 0 heterocycles. The summed E-state index contributed by atoms with van der Waals surface area (Å²) in [7, 11) is 1.22. The summed E-state index contributed by atoms with van der Waals surface area (Å²) in [6.07, 6.45) is 0.00157. The molecule has 0 saturated carbocycles. The fourth-order valence-electron chi connectivity index (χ4n) is 0.995. The van der Waals surface area contributed by atoms with Crippen LogP contribution in [0.1, 0.15) is 27.2 Å². The van der Waals surface area contributed by atoms with Gasteiger partial charge in [-0.1, -0.05) is 0 Å². The number of carbonyl (C=O) groups is 2. The summed E-state index contributed by atoms with van der Waals surface area (Å²) < 4.78 is 9.46. The molecule has 0 spiro atoms. The van der Waals surface area contributed by atoms with Crippen molar-refractivity contribution in [3.8, 4) is 0 Å². The number of esters is 2. The van der Waals surface area contributed by atoms with Crippen LogP contribution in [0, 0.1) is 0 Å². The predicted molar refractivity (Wildman–Crippen MR) is 65.7 cm³/mol. The fraction of sp³-hybridized carbons (Fsp3) is 0.800. The molecule has 17 heavy (non-hydrogen) atoms. The predicted octanol–water partition coefficient (Wildman–Crippen LogP) is -0.0324. The molecule has 0 bridgehead atoms. The van der Waals surface area contributed by atoms with E-state index in [2.05, 4.69) is 4.74 Å². The topological polar surface area (TPSA) is 105 Å². The average Bonchev–Trinajstić information content (AvgIpc) is 2.13. The van der Waals surface area contributed by atoms with E-state index in [0.29, 0.717) is 0 Å². The van der Waals surface area contributed by atoms with E-state index in [1.54, 1.807) is 20.8 Å². The standard InChI is InChI=1S/C10H20N2O4.ClH/c1-10(2,3)16-9(14)7(12)5-6(11)8(13)15-4;/h6-7H,5,11-12H2,1-4H3;1H. The molecule has 0 rings (SSSR count). The van der Waals surface area contributed by atoms with Crippen molar-refractivity contribution in [2.75, 3.05) is 7.11 Å². The van der Waals surface area contributed by atoms with Gasteiger partial charge in [0.2, 0.25) is 0 Å². The van der Waals surface area contributed by atoms with Crippen LogP contribution in [0.2, 0.25) is 0 Å². The zero-order valence-corrected chi connectivity index (χ0v) is 11.4. The van der Waals surface area contributed by atoms with Gasteiger partial charge in [-0.2, -0.15) is 0 Å². The molecule has 0 aliphatic heterocycles. The Hall–Kier alpha value is -0.850. The summed E-state index contributed by atoms with van der Waals surface area (Å²) in [6, 6.07) is -1.83. The van der Waals surface area contributed by atoms with Crippen molar-refractivity contribution < 1.29 is 19.1 Å². The first-order valence-corrected chi connectivity index (χ1v) is 4.99. The van der Waals surface area contributed by atoms with E-state index in [1.165, 1.54) is 7.11 Å². The zero-order chi connectivity index (χ0) is 12.9. The summed E-state index contributed by atoms with van der Waals surface area (Å²) in [6.45, 7) is 5.20. The SMILES string of the molecule is COC(=O)C(N)CC(N)C(=O)OC(C)(C)C.Cl. The van der Waals surface area contributed by atoms with Gasteiger partial charge in [-0.3, -0.25) is 9.59 Å². The second-order valence-electron chi connectivity index (χ2n) is 4.51. The summed E-state index contributed by atoms with van der Waals surface area (Å²) >= 11 is 0. The Labute approximate surface area is 107 Å². The Balaban J connectivity index is 0. The monoisotopic (exact) mass is 268 g/mol. The van der Waals surface area contributed by atoms with Crippen molar-refractivity contribution in [3.63, 3.8) is 0 Å². The number of carbonyl (C=O) groups excluding carboxylic acids is 2. The van der Waals surface area contributed by atoms with E-state index in [4.69, 9.17) is 16.2 Å². The summed E-state index contributed by atoms with van der Waals surface area (Å²) in [5.41, 5.74) is 10.4. The van der Waals surface area contributed by atoms with Crippen molar-refractivity contribution in [2.24, 2.45) is 11.5 Å². The minimum absolute atomic E-state index is 0. The van der Waals surface area contributed by atoms with Crippen molar-refractivity contribution >= 4 is 24.3 Å². The maximum absolute atomic E-state index is 11.5.